The molecule has 0 aliphatic carbocycles. The van der Waals surface area contributed by atoms with Gasteiger partial charge in [-0.15, -0.1) is 0 Å². The highest BCUT2D eigenvalue weighted by atomic mass is 14.1. The van der Waals surface area contributed by atoms with Crippen LogP contribution in [0.4, 0.5) is 0 Å². The topological polar surface area (TPSA) is 0 Å². The van der Waals surface area contributed by atoms with Gasteiger partial charge in [0, 0.05) is 0 Å². The van der Waals surface area contributed by atoms with Crippen molar-refractivity contribution in [2.45, 2.75) is 26.7 Å². The van der Waals surface area contributed by atoms with Crippen molar-refractivity contribution in [1.29, 1.82) is 0 Å². The highest BCUT2D eigenvalue weighted by Crippen LogP contribution is 2.15. The molecule has 0 N–H and O–H groups in total. The molecule has 0 fully saturated rings. The maximum atomic E-state index is 3.95. The number of rotatable bonds is 4. The molecule has 0 saturated heterocycles. The lowest BCUT2D eigenvalue weighted by Crippen LogP contribution is -1.95. The van der Waals surface area contributed by atoms with E-state index in [-0.39, 0.29) is 0 Å². The zero-order chi connectivity index (χ0) is 10.6. The fourth-order valence-corrected chi connectivity index (χ4v) is 1.55. The van der Waals surface area contributed by atoms with Crippen molar-refractivity contribution in [2.24, 2.45) is 0 Å². The monoisotopic (exact) mass is 186 g/mol. The fraction of sp³-hybridized carbons (Fsp3) is 0.286. The van der Waals surface area contributed by atoms with E-state index < -0.39 is 0 Å². The van der Waals surface area contributed by atoms with Crippen molar-refractivity contribution in [2.75, 3.05) is 0 Å². The van der Waals surface area contributed by atoms with Crippen LogP contribution in [0.1, 0.15) is 25.0 Å². The molecule has 14 heavy (non-hydrogen) atoms. The van der Waals surface area contributed by atoms with Crippen molar-refractivity contribution >= 4 is 0 Å². The lowest BCUT2D eigenvalue weighted by Gasteiger charge is -2.08. The van der Waals surface area contributed by atoms with Gasteiger partial charge in [-0.3, -0.25) is 0 Å². The van der Waals surface area contributed by atoms with E-state index in [2.05, 4.69) is 51.3 Å². The van der Waals surface area contributed by atoms with Crippen LogP contribution in [0.25, 0.3) is 0 Å². The summed E-state index contributed by atoms with van der Waals surface area (Å²) in [6.07, 6.45) is 1.95. The molecule has 0 heteroatoms. The summed E-state index contributed by atoms with van der Waals surface area (Å²) in [5, 5.41) is 0. The molecule has 74 valence electrons. The van der Waals surface area contributed by atoms with Crippen molar-refractivity contribution in [3.8, 4) is 0 Å². The van der Waals surface area contributed by atoms with Gasteiger partial charge in [-0.25, -0.2) is 0 Å². The number of benzene rings is 1. The molecule has 0 aliphatic heterocycles. The van der Waals surface area contributed by atoms with Crippen LogP contribution in [0.5, 0.6) is 0 Å². The Morgan fingerprint density at radius 2 is 1.29 bits per heavy atom. The van der Waals surface area contributed by atoms with Crippen LogP contribution in [0.3, 0.4) is 0 Å². The Bertz CT molecular complexity index is 310. The molecule has 0 atom stereocenters. The second kappa shape index (κ2) is 4.80. The van der Waals surface area contributed by atoms with E-state index in [1.165, 1.54) is 22.3 Å². The maximum Gasteiger partial charge on any atom is -0.00697 e. The highest BCUT2D eigenvalue weighted by Gasteiger charge is 2.01. The summed E-state index contributed by atoms with van der Waals surface area (Å²) in [4.78, 5) is 0. The molecule has 0 unspecified atom stereocenters. The first-order valence-corrected chi connectivity index (χ1v) is 4.95. The van der Waals surface area contributed by atoms with Crippen LogP contribution in [0.15, 0.2) is 48.6 Å². The smallest absolute Gasteiger partial charge is 0.00697 e. The summed E-state index contributed by atoms with van der Waals surface area (Å²) < 4.78 is 0. The Morgan fingerprint density at radius 1 is 0.929 bits per heavy atom. The standard InChI is InChI=1S/C14H18/c1-11(2)9-13-7-5-6-8-14(13)10-12(3)4/h5-8H,1,3,9-10H2,2,4H3. The van der Waals surface area contributed by atoms with Gasteiger partial charge in [0.15, 0.2) is 0 Å². The Labute approximate surface area is 87.0 Å². The van der Waals surface area contributed by atoms with Gasteiger partial charge >= 0.3 is 0 Å². The van der Waals surface area contributed by atoms with Gasteiger partial charge in [-0.1, -0.05) is 48.6 Å². The minimum Gasteiger partial charge on any atom is -0.0998 e. The molecule has 0 amide bonds. The third kappa shape index (κ3) is 3.21. The van der Waals surface area contributed by atoms with Gasteiger partial charge in [-0.05, 0) is 37.8 Å². The van der Waals surface area contributed by atoms with Gasteiger partial charge in [0.1, 0.15) is 0 Å². The normalized spacial score (nSPS) is 9.86. The van der Waals surface area contributed by atoms with Crippen LogP contribution in [-0.2, 0) is 12.8 Å². The van der Waals surface area contributed by atoms with Crippen molar-refractivity contribution in [1.82, 2.24) is 0 Å². The number of allylic oxidation sites excluding steroid dienone is 2. The van der Waals surface area contributed by atoms with Crippen LogP contribution in [0.2, 0.25) is 0 Å². The van der Waals surface area contributed by atoms with E-state index in [9.17, 15) is 0 Å². The van der Waals surface area contributed by atoms with Gasteiger partial charge in [0.05, 0.1) is 0 Å². The Morgan fingerprint density at radius 3 is 1.57 bits per heavy atom. The highest BCUT2D eigenvalue weighted by molar-refractivity contribution is 5.32. The summed E-state index contributed by atoms with van der Waals surface area (Å²) >= 11 is 0. The van der Waals surface area contributed by atoms with Crippen molar-refractivity contribution in [3.05, 3.63) is 59.7 Å². The largest absolute Gasteiger partial charge is 0.0998 e. The fourth-order valence-electron chi connectivity index (χ4n) is 1.55. The summed E-state index contributed by atoms with van der Waals surface area (Å²) in [6.45, 7) is 12.0. The summed E-state index contributed by atoms with van der Waals surface area (Å²) in [7, 11) is 0. The van der Waals surface area contributed by atoms with Crippen LogP contribution in [0, 0.1) is 0 Å². The zero-order valence-electron chi connectivity index (χ0n) is 9.14. The van der Waals surface area contributed by atoms with E-state index >= 15 is 0 Å². The molecule has 1 aromatic carbocycles. The van der Waals surface area contributed by atoms with E-state index in [0.29, 0.717) is 0 Å². The molecule has 0 heterocycles. The minimum atomic E-state index is 0.976. The van der Waals surface area contributed by atoms with Crippen molar-refractivity contribution in [3.63, 3.8) is 0 Å². The first-order valence-electron chi connectivity index (χ1n) is 4.95. The van der Waals surface area contributed by atoms with Crippen molar-refractivity contribution < 1.29 is 0 Å². The first-order chi connectivity index (χ1) is 6.59. The predicted octanol–water partition coefficient (Wildman–Crippen LogP) is 3.92. The number of hydrogen-bond donors (Lipinski definition) is 0. The number of hydrogen-bond acceptors (Lipinski definition) is 0. The molecule has 1 rings (SSSR count). The Balaban J connectivity index is 2.90. The Hall–Kier alpha value is -1.30. The lowest BCUT2D eigenvalue weighted by atomic mass is 9.97. The van der Waals surface area contributed by atoms with E-state index in [0.717, 1.165) is 12.8 Å². The van der Waals surface area contributed by atoms with Crippen LogP contribution in [-0.4, -0.2) is 0 Å². The quantitative estimate of drug-likeness (QED) is 0.625. The third-order valence-corrected chi connectivity index (χ3v) is 2.10. The molecule has 0 aromatic heterocycles. The average Bonchev–Trinajstić information content (AvgIpc) is 2.06. The average molecular weight is 186 g/mol. The maximum absolute atomic E-state index is 3.95. The van der Waals surface area contributed by atoms with E-state index in [1.807, 2.05) is 0 Å². The van der Waals surface area contributed by atoms with Crippen LogP contribution < -0.4 is 0 Å². The summed E-state index contributed by atoms with van der Waals surface area (Å²) in [5.74, 6) is 0. The van der Waals surface area contributed by atoms with Gasteiger partial charge in [0.25, 0.3) is 0 Å². The Kier molecular flexibility index (Phi) is 3.70. The molecule has 0 aliphatic rings. The van der Waals surface area contributed by atoms with E-state index in [4.69, 9.17) is 0 Å². The lowest BCUT2D eigenvalue weighted by molar-refractivity contribution is 1.06. The molecular weight excluding hydrogens is 168 g/mol. The first kappa shape index (κ1) is 10.8. The second-order valence-corrected chi connectivity index (χ2v) is 4.04. The molecule has 0 saturated carbocycles. The summed E-state index contributed by atoms with van der Waals surface area (Å²) in [6, 6.07) is 8.51. The molecule has 0 spiro atoms. The molecular formula is C14H18. The molecule has 1 aromatic rings. The third-order valence-electron chi connectivity index (χ3n) is 2.10. The van der Waals surface area contributed by atoms with E-state index in [1.54, 1.807) is 0 Å². The van der Waals surface area contributed by atoms with Gasteiger partial charge in [-0.2, -0.15) is 0 Å². The molecule has 0 radical (unpaired) electrons. The SMILES string of the molecule is C=C(C)Cc1ccccc1CC(=C)C. The zero-order valence-corrected chi connectivity index (χ0v) is 9.14. The molecule has 0 bridgehead atoms. The second-order valence-electron chi connectivity index (χ2n) is 4.04. The predicted molar refractivity (Wildman–Crippen MR) is 63.5 cm³/mol. The van der Waals surface area contributed by atoms with Gasteiger partial charge < -0.3 is 0 Å². The van der Waals surface area contributed by atoms with Gasteiger partial charge in [0.2, 0.25) is 0 Å². The minimum absolute atomic E-state index is 0.976. The summed E-state index contributed by atoms with van der Waals surface area (Å²) in [5.41, 5.74) is 5.17. The van der Waals surface area contributed by atoms with Crippen LogP contribution >= 0.6 is 0 Å². The molecule has 0 nitrogen and oxygen atoms in total.